The molecule has 1 N–H and O–H groups in total. The van der Waals surface area contributed by atoms with Crippen LogP contribution < -0.4 is 14.2 Å². The highest BCUT2D eigenvalue weighted by Crippen LogP contribution is 2.33. The molecule has 0 radical (unpaired) electrons. The van der Waals surface area contributed by atoms with Crippen molar-refractivity contribution in [1.82, 2.24) is 4.90 Å². The second kappa shape index (κ2) is 7.05. The van der Waals surface area contributed by atoms with Crippen LogP contribution in [0.2, 0.25) is 5.02 Å². The summed E-state index contributed by atoms with van der Waals surface area (Å²) in [4.78, 5) is 13.6. The van der Waals surface area contributed by atoms with Crippen molar-refractivity contribution < 1.29 is 22.7 Å². The predicted octanol–water partition coefficient (Wildman–Crippen LogP) is 2.61. The van der Waals surface area contributed by atoms with Gasteiger partial charge in [-0.05, 0) is 30.3 Å². The van der Waals surface area contributed by atoms with Crippen molar-refractivity contribution in [1.29, 1.82) is 0 Å². The van der Waals surface area contributed by atoms with Crippen LogP contribution in [0.3, 0.4) is 0 Å². The van der Waals surface area contributed by atoms with Gasteiger partial charge in [-0.1, -0.05) is 11.6 Å². The summed E-state index contributed by atoms with van der Waals surface area (Å²) in [7, 11) is -0.801. The fourth-order valence-electron chi connectivity index (χ4n) is 2.42. The van der Waals surface area contributed by atoms with E-state index in [1.807, 2.05) is 0 Å². The van der Waals surface area contributed by atoms with Crippen molar-refractivity contribution >= 4 is 33.2 Å². The van der Waals surface area contributed by atoms with Gasteiger partial charge in [0.15, 0.2) is 11.5 Å². The zero-order valence-electron chi connectivity index (χ0n) is 14.2. The smallest absolute Gasteiger partial charge is 0.262 e. The topological polar surface area (TPSA) is 84.9 Å². The molecule has 1 aliphatic heterocycles. The Morgan fingerprint density at radius 1 is 1.08 bits per heavy atom. The standard InChI is InChI=1S/C17H17ClN2O5S/c1-20(2)17(21)13-5-3-11(18)9-14(13)19-26(22,23)12-4-6-15-16(10-12)25-8-7-24-15/h3-6,9-10,19H,7-8H2,1-2H3. The van der Waals surface area contributed by atoms with Crippen molar-refractivity contribution in [2.45, 2.75) is 4.90 Å². The molecule has 0 bridgehead atoms. The number of fused-ring (bicyclic) bond motifs is 1. The minimum Gasteiger partial charge on any atom is -0.486 e. The Hall–Kier alpha value is -2.45. The fraction of sp³-hybridized carbons (Fsp3) is 0.235. The van der Waals surface area contributed by atoms with Crippen LogP contribution in [0, 0.1) is 0 Å². The molecule has 1 heterocycles. The van der Waals surface area contributed by atoms with E-state index in [1.165, 1.54) is 41.3 Å². The van der Waals surface area contributed by atoms with Crippen LogP contribution in [0.1, 0.15) is 10.4 Å². The summed E-state index contributed by atoms with van der Waals surface area (Å²) in [5.74, 6) is 0.498. The maximum atomic E-state index is 12.8. The molecule has 0 spiro atoms. The van der Waals surface area contributed by atoms with Crippen LogP contribution in [-0.2, 0) is 10.0 Å². The number of carbonyl (C=O) groups excluding carboxylic acids is 1. The number of nitrogens with one attached hydrogen (secondary N) is 1. The van der Waals surface area contributed by atoms with Crippen molar-refractivity contribution in [2.75, 3.05) is 32.0 Å². The number of halogens is 1. The van der Waals surface area contributed by atoms with Gasteiger partial charge in [-0.25, -0.2) is 8.42 Å². The van der Waals surface area contributed by atoms with Crippen LogP contribution >= 0.6 is 11.6 Å². The number of sulfonamides is 1. The summed E-state index contributed by atoms with van der Waals surface area (Å²) in [5, 5.41) is 0.306. The van der Waals surface area contributed by atoms with E-state index in [4.69, 9.17) is 21.1 Å². The van der Waals surface area contributed by atoms with Crippen molar-refractivity contribution in [3.63, 3.8) is 0 Å². The molecular weight excluding hydrogens is 380 g/mol. The van der Waals surface area contributed by atoms with E-state index < -0.39 is 10.0 Å². The molecule has 26 heavy (non-hydrogen) atoms. The molecule has 1 amide bonds. The lowest BCUT2D eigenvalue weighted by atomic mass is 10.1. The summed E-state index contributed by atoms with van der Waals surface area (Å²) >= 11 is 5.97. The third kappa shape index (κ3) is 3.71. The van der Waals surface area contributed by atoms with Gasteiger partial charge in [0, 0.05) is 25.2 Å². The highest BCUT2D eigenvalue weighted by Gasteiger charge is 2.22. The van der Waals surface area contributed by atoms with E-state index in [0.29, 0.717) is 29.7 Å². The minimum atomic E-state index is -3.96. The molecule has 0 saturated heterocycles. The molecule has 0 fully saturated rings. The molecule has 0 atom stereocenters. The Bertz CT molecular complexity index is 960. The maximum Gasteiger partial charge on any atom is 0.262 e. The van der Waals surface area contributed by atoms with Gasteiger partial charge >= 0.3 is 0 Å². The summed E-state index contributed by atoms with van der Waals surface area (Å²) < 4.78 is 38.8. The largest absolute Gasteiger partial charge is 0.486 e. The molecule has 0 unspecified atom stereocenters. The van der Waals surface area contributed by atoms with Crippen LogP contribution in [-0.4, -0.2) is 46.5 Å². The summed E-state index contributed by atoms with van der Waals surface area (Å²) in [6, 6.07) is 8.73. The highest BCUT2D eigenvalue weighted by molar-refractivity contribution is 7.92. The number of anilines is 1. The first kappa shape index (κ1) is 18.3. The van der Waals surface area contributed by atoms with Crippen molar-refractivity contribution in [3.8, 4) is 11.5 Å². The molecule has 3 rings (SSSR count). The summed E-state index contributed by atoms with van der Waals surface area (Å²) in [6.07, 6.45) is 0. The minimum absolute atomic E-state index is 0.00928. The molecule has 2 aromatic rings. The summed E-state index contributed by atoms with van der Waals surface area (Å²) in [5.41, 5.74) is 0.298. The zero-order valence-corrected chi connectivity index (χ0v) is 15.7. The zero-order chi connectivity index (χ0) is 18.9. The van der Waals surface area contributed by atoms with Gasteiger partial charge in [-0.15, -0.1) is 0 Å². The second-order valence-electron chi connectivity index (χ2n) is 5.80. The van der Waals surface area contributed by atoms with E-state index >= 15 is 0 Å². The van der Waals surface area contributed by atoms with E-state index in [-0.39, 0.29) is 22.1 Å². The van der Waals surface area contributed by atoms with E-state index in [2.05, 4.69) is 4.72 Å². The molecular formula is C17H17ClN2O5S. The predicted molar refractivity (Wildman–Crippen MR) is 97.7 cm³/mol. The first-order valence-corrected chi connectivity index (χ1v) is 9.58. The number of rotatable bonds is 4. The average molecular weight is 397 g/mol. The summed E-state index contributed by atoms with van der Waals surface area (Å²) in [6.45, 7) is 0.759. The average Bonchev–Trinajstić information content (AvgIpc) is 2.60. The van der Waals surface area contributed by atoms with Crippen LogP contribution in [0.4, 0.5) is 5.69 Å². The number of hydrogen-bond acceptors (Lipinski definition) is 5. The maximum absolute atomic E-state index is 12.8. The fourth-order valence-corrected chi connectivity index (χ4v) is 3.68. The van der Waals surface area contributed by atoms with E-state index in [9.17, 15) is 13.2 Å². The SMILES string of the molecule is CN(C)C(=O)c1ccc(Cl)cc1NS(=O)(=O)c1ccc2c(c1)OCCO2. The number of hydrogen-bond donors (Lipinski definition) is 1. The lowest BCUT2D eigenvalue weighted by molar-refractivity contribution is 0.0828. The Morgan fingerprint density at radius 3 is 2.46 bits per heavy atom. The van der Waals surface area contributed by atoms with Crippen LogP contribution in [0.25, 0.3) is 0 Å². The Morgan fingerprint density at radius 2 is 1.77 bits per heavy atom. The number of nitrogens with zero attached hydrogens (tertiary/aromatic N) is 1. The molecule has 0 saturated carbocycles. The molecule has 138 valence electrons. The second-order valence-corrected chi connectivity index (χ2v) is 7.92. The Labute approximate surface area is 156 Å². The molecule has 9 heteroatoms. The molecule has 0 aliphatic carbocycles. The number of amides is 1. The van der Waals surface area contributed by atoms with Gasteiger partial charge in [0.2, 0.25) is 0 Å². The van der Waals surface area contributed by atoms with Crippen molar-refractivity contribution in [2.24, 2.45) is 0 Å². The quantitative estimate of drug-likeness (QED) is 0.858. The first-order valence-electron chi connectivity index (χ1n) is 7.71. The number of ether oxygens (including phenoxy) is 2. The monoisotopic (exact) mass is 396 g/mol. The lowest BCUT2D eigenvalue weighted by Crippen LogP contribution is -2.24. The van der Waals surface area contributed by atoms with E-state index in [0.717, 1.165) is 0 Å². The first-order chi connectivity index (χ1) is 12.3. The van der Waals surface area contributed by atoms with Gasteiger partial charge in [-0.2, -0.15) is 0 Å². The molecule has 0 aromatic heterocycles. The van der Waals surface area contributed by atoms with Gasteiger partial charge in [-0.3, -0.25) is 9.52 Å². The van der Waals surface area contributed by atoms with E-state index in [1.54, 1.807) is 14.1 Å². The lowest BCUT2D eigenvalue weighted by Gasteiger charge is -2.19. The third-order valence-electron chi connectivity index (χ3n) is 3.69. The normalized spacial score (nSPS) is 13.2. The van der Waals surface area contributed by atoms with Gasteiger partial charge in [0.05, 0.1) is 16.1 Å². The number of benzene rings is 2. The third-order valence-corrected chi connectivity index (χ3v) is 5.28. The Kier molecular flexibility index (Phi) is 4.97. The number of carbonyl (C=O) groups is 1. The van der Waals surface area contributed by atoms with Crippen LogP contribution in [0.5, 0.6) is 11.5 Å². The van der Waals surface area contributed by atoms with Gasteiger partial charge in [0.25, 0.3) is 15.9 Å². The molecule has 1 aliphatic rings. The van der Waals surface area contributed by atoms with Crippen molar-refractivity contribution in [3.05, 3.63) is 47.0 Å². The Balaban J connectivity index is 1.97. The van der Waals surface area contributed by atoms with Gasteiger partial charge < -0.3 is 14.4 Å². The molecule has 7 nitrogen and oxygen atoms in total. The van der Waals surface area contributed by atoms with Crippen LogP contribution in [0.15, 0.2) is 41.3 Å². The highest BCUT2D eigenvalue weighted by atomic mass is 35.5. The molecule has 2 aromatic carbocycles. The van der Waals surface area contributed by atoms with Gasteiger partial charge in [0.1, 0.15) is 13.2 Å².